The Balaban J connectivity index is 1.71. The number of H-pyrrole nitrogens is 1. The fourth-order valence-electron chi connectivity index (χ4n) is 1.90. The number of amides is 1. The topological polar surface area (TPSA) is 75.7 Å². The van der Waals surface area contributed by atoms with Gasteiger partial charge < -0.3 is 14.5 Å². The normalized spacial score (nSPS) is 13.4. The van der Waals surface area contributed by atoms with Crippen molar-refractivity contribution in [3.63, 3.8) is 0 Å². The molecule has 0 unspecified atom stereocenters. The van der Waals surface area contributed by atoms with Crippen LogP contribution in [0, 0.1) is 0 Å². The van der Waals surface area contributed by atoms with E-state index in [1.54, 1.807) is 30.5 Å². The minimum absolute atomic E-state index is 0.320. The molecule has 2 aromatic rings. The number of rotatable bonds is 3. The Bertz CT molecular complexity index is 683. The molecular formula is C14H12ClN3O3. The van der Waals surface area contributed by atoms with Crippen LogP contribution in [0.5, 0.6) is 11.5 Å². The van der Waals surface area contributed by atoms with Crippen LogP contribution in [-0.4, -0.2) is 30.3 Å². The van der Waals surface area contributed by atoms with Gasteiger partial charge in [0, 0.05) is 6.20 Å². The van der Waals surface area contributed by atoms with Crippen molar-refractivity contribution in [2.45, 2.75) is 0 Å². The van der Waals surface area contributed by atoms with Crippen molar-refractivity contribution in [1.29, 1.82) is 0 Å². The van der Waals surface area contributed by atoms with Gasteiger partial charge in [0.15, 0.2) is 11.5 Å². The van der Waals surface area contributed by atoms with E-state index in [9.17, 15) is 4.79 Å². The van der Waals surface area contributed by atoms with Crippen molar-refractivity contribution >= 4 is 23.7 Å². The van der Waals surface area contributed by atoms with Crippen LogP contribution in [-0.2, 0) is 0 Å². The Hall–Kier alpha value is -2.47. The second-order valence-electron chi connectivity index (χ2n) is 4.31. The smallest absolute Gasteiger partial charge is 0.287 e. The van der Waals surface area contributed by atoms with Crippen LogP contribution in [0.3, 0.4) is 0 Å². The van der Waals surface area contributed by atoms with Gasteiger partial charge in [0.05, 0.1) is 11.2 Å². The number of hydrogen-bond acceptors (Lipinski definition) is 4. The second-order valence-corrected chi connectivity index (χ2v) is 4.72. The van der Waals surface area contributed by atoms with E-state index in [2.05, 4.69) is 15.5 Å². The first-order valence-corrected chi connectivity index (χ1v) is 6.68. The summed E-state index contributed by atoms with van der Waals surface area (Å²) in [6, 6.07) is 6.84. The quantitative estimate of drug-likeness (QED) is 0.674. The van der Waals surface area contributed by atoms with Gasteiger partial charge in [0.2, 0.25) is 0 Å². The van der Waals surface area contributed by atoms with Crippen molar-refractivity contribution in [3.05, 3.63) is 46.7 Å². The van der Waals surface area contributed by atoms with Crippen molar-refractivity contribution in [1.82, 2.24) is 10.4 Å². The molecule has 1 aromatic carbocycles. The fraction of sp³-hybridized carbons (Fsp3) is 0.143. The molecule has 0 radical (unpaired) electrons. The van der Waals surface area contributed by atoms with Crippen molar-refractivity contribution in [2.75, 3.05) is 13.2 Å². The summed E-state index contributed by atoms with van der Waals surface area (Å²) in [6.45, 7) is 0.958. The van der Waals surface area contributed by atoms with Gasteiger partial charge in [-0.3, -0.25) is 4.79 Å². The average Bonchev–Trinajstić information content (AvgIpc) is 3.01. The number of carbonyl (C=O) groups is 1. The molecule has 2 heterocycles. The Kier molecular flexibility index (Phi) is 3.79. The number of aromatic amines is 1. The monoisotopic (exact) mass is 305 g/mol. The molecule has 1 aliphatic heterocycles. The number of ether oxygens (including phenoxy) is 2. The number of aromatic nitrogens is 1. The third-order valence-corrected chi connectivity index (χ3v) is 3.12. The van der Waals surface area contributed by atoms with E-state index < -0.39 is 0 Å². The average molecular weight is 306 g/mol. The predicted molar refractivity (Wildman–Crippen MR) is 78.3 cm³/mol. The molecular weight excluding hydrogens is 294 g/mol. The Morgan fingerprint density at radius 2 is 2.24 bits per heavy atom. The molecule has 0 atom stereocenters. The highest BCUT2D eigenvalue weighted by Gasteiger charge is 2.16. The van der Waals surface area contributed by atoms with Gasteiger partial charge >= 0.3 is 0 Å². The van der Waals surface area contributed by atoms with E-state index in [0.717, 1.165) is 0 Å². The third-order valence-electron chi connectivity index (χ3n) is 2.84. The van der Waals surface area contributed by atoms with Crippen LogP contribution in [0.4, 0.5) is 0 Å². The predicted octanol–water partition coefficient (Wildman–Crippen LogP) is 2.20. The van der Waals surface area contributed by atoms with E-state index in [4.69, 9.17) is 21.1 Å². The number of hydrogen-bond donors (Lipinski definition) is 2. The number of fused-ring (bicyclic) bond motifs is 1. The molecule has 108 valence electrons. The summed E-state index contributed by atoms with van der Waals surface area (Å²) >= 11 is 6.11. The van der Waals surface area contributed by atoms with Crippen LogP contribution in [0.15, 0.2) is 35.6 Å². The van der Waals surface area contributed by atoms with Crippen LogP contribution in [0.2, 0.25) is 5.02 Å². The van der Waals surface area contributed by atoms with Crippen LogP contribution >= 0.6 is 11.6 Å². The molecule has 2 N–H and O–H groups in total. The summed E-state index contributed by atoms with van der Waals surface area (Å²) in [5.74, 6) is 0.793. The van der Waals surface area contributed by atoms with E-state index in [1.165, 1.54) is 6.21 Å². The zero-order valence-electron chi connectivity index (χ0n) is 10.9. The molecule has 1 aliphatic rings. The molecule has 0 saturated heterocycles. The van der Waals surface area contributed by atoms with Gasteiger partial charge in [0.25, 0.3) is 5.91 Å². The fourth-order valence-corrected chi connectivity index (χ4v) is 2.18. The minimum atomic E-state index is -0.320. The Labute approximate surface area is 125 Å². The molecule has 21 heavy (non-hydrogen) atoms. The van der Waals surface area contributed by atoms with Gasteiger partial charge in [-0.15, -0.1) is 0 Å². The van der Waals surface area contributed by atoms with E-state index in [1.807, 2.05) is 0 Å². The largest absolute Gasteiger partial charge is 0.486 e. The highest BCUT2D eigenvalue weighted by molar-refractivity contribution is 6.32. The molecule has 1 amide bonds. The number of halogens is 1. The zero-order chi connectivity index (χ0) is 14.7. The summed E-state index contributed by atoms with van der Waals surface area (Å²) in [5.41, 5.74) is 3.56. The summed E-state index contributed by atoms with van der Waals surface area (Å²) < 4.78 is 10.9. The van der Waals surface area contributed by atoms with E-state index >= 15 is 0 Å². The summed E-state index contributed by atoms with van der Waals surface area (Å²) in [4.78, 5) is 14.5. The second kappa shape index (κ2) is 5.88. The van der Waals surface area contributed by atoms with Crippen molar-refractivity contribution < 1.29 is 14.3 Å². The summed E-state index contributed by atoms with van der Waals surface area (Å²) in [7, 11) is 0. The third kappa shape index (κ3) is 3.00. The maximum Gasteiger partial charge on any atom is 0.287 e. The van der Waals surface area contributed by atoms with Crippen molar-refractivity contribution in [3.8, 4) is 11.5 Å². The number of carbonyl (C=O) groups excluding carboxylic acids is 1. The molecule has 0 fully saturated rings. The Morgan fingerprint density at radius 3 is 3.05 bits per heavy atom. The lowest BCUT2D eigenvalue weighted by Crippen LogP contribution is -2.18. The zero-order valence-corrected chi connectivity index (χ0v) is 11.7. The SMILES string of the molecule is O=C(N/N=C\c1cc(Cl)c2c(c1)OCCO2)c1ccc[nH]1. The number of hydrazone groups is 1. The lowest BCUT2D eigenvalue weighted by molar-refractivity contribution is 0.0951. The standard InChI is InChI=1S/C14H12ClN3O3/c15-10-6-9(7-12-13(10)21-5-4-20-12)8-17-18-14(19)11-2-1-3-16-11/h1-3,6-8,16H,4-5H2,(H,18,19)/b17-8-. The van der Waals surface area contributed by atoms with Crippen molar-refractivity contribution in [2.24, 2.45) is 5.10 Å². The number of benzene rings is 1. The maximum absolute atomic E-state index is 11.7. The first kappa shape index (κ1) is 13.5. The molecule has 1 aromatic heterocycles. The first-order valence-electron chi connectivity index (χ1n) is 6.30. The van der Waals surface area contributed by atoms with Crippen LogP contribution in [0.25, 0.3) is 0 Å². The van der Waals surface area contributed by atoms with E-state index in [0.29, 0.717) is 41.0 Å². The van der Waals surface area contributed by atoms with Crippen LogP contribution < -0.4 is 14.9 Å². The van der Waals surface area contributed by atoms with Gasteiger partial charge in [-0.05, 0) is 29.8 Å². The minimum Gasteiger partial charge on any atom is -0.486 e. The van der Waals surface area contributed by atoms with Crippen LogP contribution in [0.1, 0.15) is 16.1 Å². The van der Waals surface area contributed by atoms with Gasteiger partial charge in [-0.2, -0.15) is 5.10 Å². The molecule has 7 heteroatoms. The maximum atomic E-state index is 11.7. The molecule has 0 saturated carbocycles. The molecule has 6 nitrogen and oxygen atoms in total. The molecule has 0 bridgehead atoms. The van der Waals surface area contributed by atoms with Gasteiger partial charge in [-0.25, -0.2) is 5.43 Å². The van der Waals surface area contributed by atoms with Gasteiger partial charge in [0.1, 0.15) is 18.9 Å². The molecule has 0 spiro atoms. The van der Waals surface area contributed by atoms with Gasteiger partial charge in [-0.1, -0.05) is 11.6 Å². The number of nitrogens with zero attached hydrogens (tertiary/aromatic N) is 1. The highest BCUT2D eigenvalue weighted by atomic mass is 35.5. The Morgan fingerprint density at radius 1 is 1.38 bits per heavy atom. The molecule has 0 aliphatic carbocycles. The summed E-state index contributed by atoms with van der Waals surface area (Å²) in [6.07, 6.45) is 3.16. The lowest BCUT2D eigenvalue weighted by atomic mass is 10.2. The summed E-state index contributed by atoms with van der Waals surface area (Å²) in [5, 5.41) is 4.34. The first-order chi connectivity index (χ1) is 10.2. The molecule has 3 rings (SSSR count). The number of nitrogens with one attached hydrogen (secondary N) is 2. The lowest BCUT2D eigenvalue weighted by Gasteiger charge is -2.19. The van der Waals surface area contributed by atoms with E-state index in [-0.39, 0.29) is 5.91 Å². The highest BCUT2D eigenvalue weighted by Crippen LogP contribution is 2.37.